The first kappa shape index (κ1) is 18.2. The zero-order valence-corrected chi connectivity index (χ0v) is 15.6. The lowest BCUT2D eigenvalue weighted by Crippen LogP contribution is -2.31. The minimum Gasteiger partial charge on any atom is -0.396 e. The quantitative estimate of drug-likeness (QED) is 0.566. The lowest BCUT2D eigenvalue weighted by Gasteiger charge is -2.25. The van der Waals surface area contributed by atoms with E-state index in [1.165, 1.54) is 54.3 Å². The molecule has 0 atom stereocenters. The molecule has 0 saturated carbocycles. The van der Waals surface area contributed by atoms with E-state index < -0.39 is 0 Å². The number of hydrogen-bond acceptors (Lipinski definition) is 3. The van der Waals surface area contributed by atoms with Crippen molar-refractivity contribution in [3.63, 3.8) is 0 Å². The molecule has 0 N–H and O–H groups in total. The van der Waals surface area contributed by atoms with Gasteiger partial charge in [-0.2, -0.15) is 0 Å². The average Bonchev–Trinajstić information content (AvgIpc) is 3.06. The number of rotatable bonds is 5. The number of nitrogens with zero attached hydrogens (tertiary/aromatic N) is 2. The highest BCUT2D eigenvalue weighted by Crippen LogP contribution is 2.30. The Morgan fingerprint density at radius 1 is 0.960 bits per heavy atom. The van der Waals surface area contributed by atoms with Crippen LogP contribution in [0.1, 0.15) is 43.2 Å². The molecule has 2 aliphatic rings. The van der Waals surface area contributed by atoms with Gasteiger partial charge in [0.15, 0.2) is 0 Å². The zero-order valence-electron chi connectivity index (χ0n) is 14.7. The Morgan fingerprint density at radius 2 is 1.80 bits per heavy atom. The third kappa shape index (κ3) is 4.16. The SMILES string of the molecule is Cl.c1ccc2c3c(ccc2c1)/C(=N\OCCCN1CCCCC1)CC3. The fourth-order valence-corrected chi connectivity index (χ4v) is 4.01. The predicted octanol–water partition coefficient (Wildman–Crippen LogP) is 4.80. The number of hydrogen-bond donors (Lipinski definition) is 0. The molecule has 1 saturated heterocycles. The van der Waals surface area contributed by atoms with Crippen molar-refractivity contribution >= 4 is 28.9 Å². The van der Waals surface area contributed by atoms with Crippen LogP contribution in [0.25, 0.3) is 10.8 Å². The number of oxime groups is 1. The van der Waals surface area contributed by atoms with Gasteiger partial charge in [0.25, 0.3) is 0 Å². The summed E-state index contributed by atoms with van der Waals surface area (Å²) in [5.41, 5.74) is 3.84. The molecule has 0 bridgehead atoms. The van der Waals surface area contributed by atoms with Crippen LogP contribution in [-0.2, 0) is 11.3 Å². The molecule has 1 heterocycles. The summed E-state index contributed by atoms with van der Waals surface area (Å²) in [7, 11) is 0. The molecule has 134 valence electrons. The number of fused-ring (bicyclic) bond motifs is 3. The van der Waals surface area contributed by atoms with Crippen molar-refractivity contribution in [2.24, 2.45) is 5.16 Å². The number of halogens is 1. The summed E-state index contributed by atoms with van der Waals surface area (Å²) in [6, 6.07) is 13.0. The zero-order chi connectivity index (χ0) is 16.2. The van der Waals surface area contributed by atoms with Crippen molar-refractivity contribution in [1.29, 1.82) is 0 Å². The minimum atomic E-state index is 0. The number of benzene rings is 2. The summed E-state index contributed by atoms with van der Waals surface area (Å²) in [6.07, 6.45) is 7.25. The van der Waals surface area contributed by atoms with Gasteiger partial charge in [-0.1, -0.05) is 48.0 Å². The second kappa shape index (κ2) is 8.68. The molecule has 4 rings (SSSR count). The first-order chi connectivity index (χ1) is 11.9. The summed E-state index contributed by atoms with van der Waals surface area (Å²) in [6.45, 7) is 4.39. The van der Waals surface area contributed by atoms with Gasteiger partial charge in [0, 0.05) is 12.1 Å². The van der Waals surface area contributed by atoms with Crippen LogP contribution < -0.4 is 0 Å². The molecule has 4 heteroatoms. The molecular weight excluding hydrogens is 332 g/mol. The van der Waals surface area contributed by atoms with Crippen molar-refractivity contribution in [2.75, 3.05) is 26.2 Å². The van der Waals surface area contributed by atoms with Crippen LogP contribution in [0.2, 0.25) is 0 Å². The Morgan fingerprint density at radius 3 is 2.68 bits per heavy atom. The molecule has 0 unspecified atom stereocenters. The van der Waals surface area contributed by atoms with Gasteiger partial charge >= 0.3 is 0 Å². The molecule has 0 radical (unpaired) electrons. The van der Waals surface area contributed by atoms with Crippen molar-refractivity contribution < 1.29 is 4.84 Å². The average molecular weight is 359 g/mol. The van der Waals surface area contributed by atoms with E-state index >= 15 is 0 Å². The minimum absolute atomic E-state index is 0. The van der Waals surface area contributed by atoms with Gasteiger partial charge in [-0.25, -0.2) is 0 Å². The van der Waals surface area contributed by atoms with Crippen LogP contribution in [0, 0.1) is 0 Å². The molecule has 1 fully saturated rings. The van der Waals surface area contributed by atoms with Crippen LogP contribution in [0.3, 0.4) is 0 Å². The molecule has 25 heavy (non-hydrogen) atoms. The monoisotopic (exact) mass is 358 g/mol. The molecule has 0 aromatic heterocycles. The van der Waals surface area contributed by atoms with Gasteiger partial charge in [0.2, 0.25) is 0 Å². The lowest BCUT2D eigenvalue weighted by molar-refractivity contribution is 0.124. The predicted molar refractivity (Wildman–Crippen MR) is 107 cm³/mol. The highest BCUT2D eigenvalue weighted by molar-refractivity contribution is 6.08. The van der Waals surface area contributed by atoms with Crippen LogP contribution >= 0.6 is 12.4 Å². The molecule has 0 spiro atoms. The molecule has 1 aliphatic heterocycles. The van der Waals surface area contributed by atoms with Crippen LogP contribution in [0.4, 0.5) is 0 Å². The van der Waals surface area contributed by atoms with E-state index in [-0.39, 0.29) is 12.4 Å². The third-order valence-corrected chi connectivity index (χ3v) is 5.30. The Bertz CT molecular complexity index is 738. The molecule has 2 aromatic carbocycles. The van der Waals surface area contributed by atoms with Crippen molar-refractivity contribution in [2.45, 2.75) is 38.5 Å². The maximum Gasteiger partial charge on any atom is 0.118 e. The Hall–Kier alpha value is -1.58. The van der Waals surface area contributed by atoms with Gasteiger partial charge in [0.05, 0.1) is 5.71 Å². The topological polar surface area (TPSA) is 24.8 Å². The summed E-state index contributed by atoms with van der Waals surface area (Å²) in [5.74, 6) is 0. The number of piperidine rings is 1. The van der Waals surface area contributed by atoms with Crippen molar-refractivity contribution in [3.8, 4) is 0 Å². The van der Waals surface area contributed by atoms with E-state index in [0.29, 0.717) is 0 Å². The molecule has 0 amide bonds. The van der Waals surface area contributed by atoms with Gasteiger partial charge in [0.1, 0.15) is 6.61 Å². The summed E-state index contributed by atoms with van der Waals surface area (Å²) in [5, 5.41) is 7.14. The van der Waals surface area contributed by atoms with E-state index in [0.717, 1.165) is 38.1 Å². The molecule has 1 aliphatic carbocycles. The van der Waals surface area contributed by atoms with Gasteiger partial charge in [-0.3, -0.25) is 0 Å². The van der Waals surface area contributed by atoms with Crippen molar-refractivity contribution in [3.05, 3.63) is 47.5 Å². The van der Waals surface area contributed by atoms with Crippen LogP contribution in [-0.4, -0.2) is 36.9 Å². The molecular formula is C21H27ClN2O. The van der Waals surface area contributed by atoms with Crippen molar-refractivity contribution in [1.82, 2.24) is 4.90 Å². The van der Waals surface area contributed by atoms with Crippen LogP contribution in [0.5, 0.6) is 0 Å². The first-order valence-corrected chi connectivity index (χ1v) is 9.34. The number of likely N-dealkylation sites (tertiary alicyclic amines) is 1. The molecule has 2 aromatic rings. The normalized spacial score (nSPS) is 19.0. The third-order valence-electron chi connectivity index (χ3n) is 5.30. The van der Waals surface area contributed by atoms with E-state index in [1.54, 1.807) is 0 Å². The van der Waals surface area contributed by atoms with E-state index in [1.807, 2.05) is 0 Å². The fourth-order valence-electron chi connectivity index (χ4n) is 4.01. The summed E-state index contributed by atoms with van der Waals surface area (Å²) in [4.78, 5) is 8.19. The number of aryl methyl sites for hydroxylation is 1. The smallest absolute Gasteiger partial charge is 0.118 e. The van der Waals surface area contributed by atoms with E-state index in [2.05, 4.69) is 46.5 Å². The largest absolute Gasteiger partial charge is 0.396 e. The first-order valence-electron chi connectivity index (χ1n) is 9.34. The second-order valence-corrected chi connectivity index (χ2v) is 6.94. The Kier molecular flexibility index (Phi) is 6.33. The van der Waals surface area contributed by atoms with Gasteiger partial charge in [-0.15, -0.1) is 12.4 Å². The van der Waals surface area contributed by atoms with Gasteiger partial charge in [-0.05, 0) is 61.5 Å². The highest BCUT2D eigenvalue weighted by Gasteiger charge is 2.20. The summed E-state index contributed by atoms with van der Waals surface area (Å²) >= 11 is 0. The van der Waals surface area contributed by atoms with E-state index in [9.17, 15) is 0 Å². The maximum absolute atomic E-state index is 5.64. The Labute approximate surface area is 156 Å². The fraction of sp³-hybridized carbons (Fsp3) is 0.476. The second-order valence-electron chi connectivity index (χ2n) is 6.94. The maximum atomic E-state index is 5.64. The van der Waals surface area contributed by atoms with Crippen LogP contribution in [0.15, 0.2) is 41.6 Å². The molecule has 3 nitrogen and oxygen atoms in total. The lowest BCUT2D eigenvalue weighted by atomic mass is 10.0. The standard InChI is InChI=1S/C21H26N2O.ClH/c1-4-13-23(14-5-1)15-6-16-24-22-21-12-11-19-18-8-3-2-7-17(18)9-10-20(19)21;/h2-3,7-10H,1,4-6,11-16H2;1H/b22-21-;. The van der Waals surface area contributed by atoms with E-state index in [4.69, 9.17) is 4.84 Å². The van der Waals surface area contributed by atoms with Gasteiger partial charge < -0.3 is 9.74 Å². The highest BCUT2D eigenvalue weighted by atomic mass is 35.5. The summed E-state index contributed by atoms with van der Waals surface area (Å²) < 4.78 is 0. The Balaban J connectivity index is 0.00000182.